The Morgan fingerprint density at radius 2 is 1.61 bits per heavy atom. The van der Waals surface area contributed by atoms with Crippen LogP contribution in [0.5, 0.6) is 11.5 Å². The molecule has 41 heavy (non-hydrogen) atoms. The van der Waals surface area contributed by atoms with Gasteiger partial charge in [-0.2, -0.15) is 0 Å². The van der Waals surface area contributed by atoms with Crippen LogP contribution in [0.15, 0.2) is 66.7 Å². The third kappa shape index (κ3) is 6.70. The highest BCUT2D eigenvalue weighted by atomic mass is 35.5. The minimum Gasteiger partial charge on any atom is -0.494 e. The molecule has 0 radical (unpaired) electrons. The van der Waals surface area contributed by atoms with Gasteiger partial charge in [-0.1, -0.05) is 23.7 Å². The van der Waals surface area contributed by atoms with Gasteiger partial charge in [-0.05, 0) is 98.6 Å². The molecule has 4 aromatic rings. The van der Waals surface area contributed by atoms with Gasteiger partial charge in [-0.3, -0.25) is 4.90 Å². The number of H-pyrrole nitrogens is 1. The first-order valence-electron chi connectivity index (χ1n) is 14.6. The van der Waals surface area contributed by atoms with Crippen molar-refractivity contribution in [3.63, 3.8) is 0 Å². The van der Waals surface area contributed by atoms with Crippen molar-refractivity contribution in [3.05, 3.63) is 94.4 Å². The van der Waals surface area contributed by atoms with E-state index in [9.17, 15) is 4.39 Å². The Labute approximate surface area is 246 Å². The Kier molecular flexibility index (Phi) is 8.77. The molecule has 0 spiro atoms. The van der Waals surface area contributed by atoms with Crippen LogP contribution in [0.25, 0.3) is 10.9 Å². The van der Waals surface area contributed by atoms with Gasteiger partial charge in [0.1, 0.15) is 24.0 Å². The van der Waals surface area contributed by atoms with Gasteiger partial charge in [-0.25, -0.2) is 4.39 Å². The molecule has 2 aliphatic heterocycles. The molecule has 3 heterocycles. The minimum atomic E-state index is -0.271. The van der Waals surface area contributed by atoms with Gasteiger partial charge in [-0.15, -0.1) is 0 Å². The van der Waals surface area contributed by atoms with E-state index >= 15 is 0 Å². The molecule has 8 heteroatoms. The molecule has 0 saturated carbocycles. The number of piperazine rings is 1. The minimum absolute atomic E-state index is 0.0250. The van der Waals surface area contributed by atoms with Crippen molar-refractivity contribution in [2.24, 2.45) is 0 Å². The van der Waals surface area contributed by atoms with Crippen LogP contribution in [0, 0.1) is 5.82 Å². The first-order chi connectivity index (χ1) is 20.0. The number of likely N-dealkylation sites (N-methyl/N-ethyl adjacent to an activating group) is 1. The van der Waals surface area contributed by atoms with Gasteiger partial charge in [0.25, 0.3) is 0 Å². The smallest absolute Gasteiger partial charge is 0.142 e. The molecule has 0 amide bonds. The van der Waals surface area contributed by atoms with E-state index in [-0.39, 0.29) is 11.9 Å². The number of benzene rings is 3. The Morgan fingerprint density at radius 1 is 0.878 bits per heavy atom. The van der Waals surface area contributed by atoms with Gasteiger partial charge >= 0.3 is 0 Å². The fourth-order valence-electron chi connectivity index (χ4n) is 5.96. The lowest BCUT2D eigenvalue weighted by atomic mass is 9.93. The Hall–Kier alpha value is -3.10. The van der Waals surface area contributed by atoms with Gasteiger partial charge in [0.2, 0.25) is 0 Å². The molecule has 1 N–H and O–H groups in total. The quantitative estimate of drug-likeness (QED) is 0.223. The van der Waals surface area contributed by atoms with Crippen molar-refractivity contribution >= 4 is 22.5 Å². The van der Waals surface area contributed by atoms with Crippen LogP contribution in [0.4, 0.5) is 4.39 Å². The van der Waals surface area contributed by atoms with E-state index in [1.165, 1.54) is 23.1 Å². The number of fused-ring (bicyclic) bond motifs is 3. The third-order valence-corrected chi connectivity index (χ3v) is 8.56. The predicted molar refractivity (Wildman–Crippen MR) is 163 cm³/mol. The lowest BCUT2D eigenvalue weighted by Crippen LogP contribution is -2.44. The number of ether oxygens (including phenoxy) is 2. The standard InChI is InChI=1S/C33H38ClFN4O2/c1-37-17-19-38(20-18-37)15-2-3-21-40-27-9-4-24(5-10-27)33-32-29(30-22-25(34)6-13-31(30)36-32)14-16-39(33)23-41-28-11-7-26(35)8-12-28/h4-13,22,33,36H,2-3,14-21,23H2,1H3. The summed E-state index contributed by atoms with van der Waals surface area (Å²) >= 11 is 6.36. The van der Waals surface area contributed by atoms with Crippen molar-refractivity contribution in [1.29, 1.82) is 0 Å². The summed E-state index contributed by atoms with van der Waals surface area (Å²) in [6.45, 7) is 7.73. The number of rotatable bonds is 10. The average molecular weight is 577 g/mol. The van der Waals surface area contributed by atoms with E-state index in [2.05, 4.69) is 57.1 Å². The monoisotopic (exact) mass is 576 g/mol. The summed E-state index contributed by atoms with van der Waals surface area (Å²) in [5.74, 6) is 1.27. The number of unbranched alkanes of at least 4 members (excludes halogenated alkanes) is 1. The summed E-state index contributed by atoms with van der Waals surface area (Å²) in [4.78, 5) is 10.9. The van der Waals surface area contributed by atoms with Crippen LogP contribution in [0.3, 0.4) is 0 Å². The van der Waals surface area contributed by atoms with E-state index in [4.69, 9.17) is 21.1 Å². The first-order valence-corrected chi connectivity index (χ1v) is 15.0. The molecule has 3 aromatic carbocycles. The van der Waals surface area contributed by atoms with Crippen LogP contribution in [0.1, 0.15) is 35.7 Å². The van der Waals surface area contributed by atoms with Crippen LogP contribution in [0.2, 0.25) is 5.02 Å². The molecule has 216 valence electrons. The number of aromatic amines is 1. The van der Waals surface area contributed by atoms with Crippen molar-refractivity contribution < 1.29 is 13.9 Å². The average Bonchev–Trinajstić information content (AvgIpc) is 3.35. The van der Waals surface area contributed by atoms with Crippen molar-refractivity contribution in [3.8, 4) is 11.5 Å². The lowest BCUT2D eigenvalue weighted by molar-refractivity contribution is 0.0909. The highest BCUT2D eigenvalue weighted by Crippen LogP contribution is 2.39. The third-order valence-electron chi connectivity index (χ3n) is 8.33. The maximum Gasteiger partial charge on any atom is 0.142 e. The topological polar surface area (TPSA) is 44.0 Å². The Morgan fingerprint density at radius 3 is 2.39 bits per heavy atom. The molecule has 6 nitrogen and oxygen atoms in total. The zero-order chi connectivity index (χ0) is 28.2. The summed E-state index contributed by atoms with van der Waals surface area (Å²) in [6.07, 6.45) is 3.08. The van der Waals surface area contributed by atoms with E-state index in [1.807, 2.05) is 12.1 Å². The molecule has 6 rings (SSSR count). The largest absolute Gasteiger partial charge is 0.494 e. The number of halogens is 2. The summed E-state index contributed by atoms with van der Waals surface area (Å²) in [5.41, 5.74) is 4.70. The maximum absolute atomic E-state index is 13.4. The lowest BCUT2D eigenvalue weighted by Gasteiger charge is -2.35. The van der Waals surface area contributed by atoms with Gasteiger partial charge in [0.05, 0.1) is 12.6 Å². The Bertz CT molecular complexity index is 1430. The van der Waals surface area contributed by atoms with Crippen LogP contribution in [-0.2, 0) is 6.42 Å². The van der Waals surface area contributed by atoms with E-state index < -0.39 is 0 Å². The number of hydrogen-bond acceptors (Lipinski definition) is 5. The molecule has 1 unspecified atom stereocenters. The van der Waals surface area contributed by atoms with Crippen molar-refractivity contribution in [2.45, 2.75) is 25.3 Å². The summed E-state index contributed by atoms with van der Waals surface area (Å²) in [6, 6.07) is 20.6. The molecule has 0 aliphatic carbocycles. The SMILES string of the molecule is CN1CCN(CCCCOc2ccc(C3c4[nH]c5ccc(Cl)cc5c4CCN3COc3ccc(F)cc3)cc2)CC1. The van der Waals surface area contributed by atoms with Crippen LogP contribution in [-0.4, -0.2) is 79.3 Å². The highest BCUT2D eigenvalue weighted by molar-refractivity contribution is 6.31. The van der Waals surface area contributed by atoms with Crippen molar-refractivity contribution in [2.75, 3.05) is 59.7 Å². The molecule has 1 saturated heterocycles. The normalized spacial score (nSPS) is 18.5. The Balaban J connectivity index is 1.14. The van der Waals surface area contributed by atoms with Gasteiger partial charge in [0, 0.05) is 54.3 Å². The fraction of sp³-hybridized carbons (Fsp3) is 0.394. The zero-order valence-corrected chi connectivity index (χ0v) is 24.4. The molecular formula is C33H38ClFN4O2. The zero-order valence-electron chi connectivity index (χ0n) is 23.6. The number of nitrogens with one attached hydrogen (secondary N) is 1. The van der Waals surface area contributed by atoms with Crippen LogP contribution >= 0.6 is 11.6 Å². The number of hydrogen-bond donors (Lipinski definition) is 1. The second kappa shape index (κ2) is 12.8. The van der Waals surface area contributed by atoms with Gasteiger partial charge < -0.3 is 24.3 Å². The van der Waals surface area contributed by atoms with E-state index in [1.54, 1.807) is 12.1 Å². The predicted octanol–water partition coefficient (Wildman–Crippen LogP) is 6.35. The molecule has 1 aromatic heterocycles. The van der Waals surface area contributed by atoms with Crippen LogP contribution < -0.4 is 9.47 Å². The van der Waals surface area contributed by atoms with Gasteiger partial charge in [0.15, 0.2) is 0 Å². The summed E-state index contributed by atoms with van der Waals surface area (Å²) < 4.78 is 25.6. The second-order valence-corrected chi connectivity index (χ2v) is 11.6. The molecule has 1 atom stereocenters. The summed E-state index contributed by atoms with van der Waals surface area (Å²) in [7, 11) is 2.19. The summed E-state index contributed by atoms with van der Waals surface area (Å²) in [5, 5.41) is 1.91. The molecular weight excluding hydrogens is 539 g/mol. The van der Waals surface area contributed by atoms with E-state index in [0.29, 0.717) is 12.5 Å². The number of nitrogens with zero attached hydrogens (tertiary/aromatic N) is 3. The fourth-order valence-corrected chi connectivity index (χ4v) is 6.13. The van der Waals surface area contributed by atoms with E-state index in [0.717, 1.165) is 92.7 Å². The highest BCUT2D eigenvalue weighted by Gasteiger charge is 2.32. The second-order valence-electron chi connectivity index (χ2n) is 11.2. The first kappa shape index (κ1) is 28.0. The molecule has 0 bridgehead atoms. The number of aromatic nitrogens is 1. The van der Waals surface area contributed by atoms with Crippen molar-refractivity contribution in [1.82, 2.24) is 19.7 Å². The molecule has 2 aliphatic rings. The molecule has 1 fully saturated rings. The maximum atomic E-state index is 13.4.